The van der Waals surface area contributed by atoms with Gasteiger partial charge in [-0.1, -0.05) is 6.07 Å². The lowest BCUT2D eigenvalue weighted by Crippen LogP contribution is -2.19. The average molecular weight is 293 g/mol. The molecule has 3 nitrogen and oxygen atoms in total. The lowest BCUT2D eigenvalue weighted by Gasteiger charge is -2.12. The Kier molecular flexibility index (Phi) is 5.66. The summed E-state index contributed by atoms with van der Waals surface area (Å²) >= 11 is 0. The van der Waals surface area contributed by atoms with Crippen molar-refractivity contribution in [3.63, 3.8) is 0 Å². The van der Waals surface area contributed by atoms with Crippen LogP contribution in [-0.4, -0.2) is 20.3 Å². The number of hydrogen-bond acceptors (Lipinski definition) is 3. The molecule has 0 saturated heterocycles. The fourth-order valence-electron chi connectivity index (χ4n) is 1.84. The third-order valence-corrected chi connectivity index (χ3v) is 2.84. The molecule has 0 bridgehead atoms. The van der Waals surface area contributed by atoms with Gasteiger partial charge in [-0.2, -0.15) is 0 Å². The lowest BCUT2D eigenvalue weighted by atomic mass is 10.2. The molecule has 0 atom stereocenters. The smallest absolute Gasteiger partial charge is 0.132 e. The summed E-state index contributed by atoms with van der Waals surface area (Å²) in [6.45, 7) is 1.65. The Morgan fingerprint density at radius 3 is 2.62 bits per heavy atom. The molecule has 0 heterocycles. The third kappa shape index (κ3) is 4.81. The molecule has 0 saturated carbocycles. The van der Waals surface area contributed by atoms with Crippen molar-refractivity contribution in [1.82, 2.24) is 5.32 Å². The zero-order valence-corrected chi connectivity index (χ0v) is 11.7. The monoisotopic (exact) mass is 293 g/mol. The number of halogens is 2. The summed E-state index contributed by atoms with van der Waals surface area (Å²) < 4.78 is 37.1. The van der Waals surface area contributed by atoms with E-state index >= 15 is 0 Å². The summed E-state index contributed by atoms with van der Waals surface area (Å²) in [6.07, 6.45) is 0. The molecule has 0 fully saturated rings. The van der Waals surface area contributed by atoms with Crippen molar-refractivity contribution >= 4 is 0 Å². The van der Waals surface area contributed by atoms with Gasteiger partial charge in [-0.25, -0.2) is 8.78 Å². The molecule has 2 rings (SSSR count). The third-order valence-electron chi connectivity index (χ3n) is 2.84. The van der Waals surface area contributed by atoms with Crippen molar-refractivity contribution in [2.45, 2.75) is 6.54 Å². The second kappa shape index (κ2) is 7.71. The highest BCUT2D eigenvalue weighted by Gasteiger charge is 2.07. The molecular weight excluding hydrogens is 276 g/mol. The van der Waals surface area contributed by atoms with Gasteiger partial charge in [0.1, 0.15) is 23.1 Å². The van der Waals surface area contributed by atoms with Crippen molar-refractivity contribution in [2.75, 3.05) is 20.3 Å². The molecule has 2 aromatic carbocycles. The van der Waals surface area contributed by atoms with Crippen LogP contribution in [0.1, 0.15) is 5.56 Å². The SMILES string of the molecule is COCCNCc1cc(F)ccc1Oc1cccc(F)c1. The van der Waals surface area contributed by atoms with Gasteiger partial charge in [-0.05, 0) is 30.3 Å². The van der Waals surface area contributed by atoms with Crippen molar-refractivity contribution in [3.05, 3.63) is 59.7 Å². The van der Waals surface area contributed by atoms with Crippen LogP contribution in [0.5, 0.6) is 11.5 Å². The number of rotatable bonds is 7. The fourth-order valence-corrected chi connectivity index (χ4v) is 1.84. The fraction of sp³-hybridized carbons (Fsp3) is 0.250. The summed E-state index contributed by atoms with van der Waals surface area (Å²) in [5, 5.41) is 3.12. The Morgan fingerprint density at radius 1 is 1.05 bits per heavy atom. The molecule has 0 aliphatic heterocycles. The van der Waals surface area contributed by atoms with E-state index in [-0.39, 0.29) is 11.6 Å². The number of hydrogen-bond donors (Lipinski definition) is 1. The highest BCUT2D eigenvalue weighted by atomic mass is 19.1. The maximum absolute atomic E-state index is 13.4. The zero-order chi connectivity index (χ0) is 15.1. The summed E-state index contributed by atoms with van der Waals surface area (Å²) in [6, 6.07) is 10.1. The van der Waals surface area contributed by atoms with Crippen LogP contribution in [0.2, 0.25) is 0 Å². The van der Waals surface area contributed by atoms with Crippen LogP contribution in [0, 0.1) is 11.6 Å². The number of ether oxygens (including phenoxy) is 2. The number of benzene rings is 2. The molecule has 2 aromatic rings. The Balaban J connectivity index is 2.10. The Hall–Kier alpha value is -1.98. The first-order valence-corrected chi connectivity index (χ1v) is 6.60. The van der Waals surface area contributed by atoms with E-state index in [2.05, 4.69) is 5.32 Å². The first kappa shape index (κ1) is 15.4. The second-order valence-corrected chi connectivity index (χ2v) is 4.48. The first-order chi connectivity index (χ1) is 10.2. The van der Waals surface area contributed by atoms with Crippen LogP contribution < -0.4 is 10.1 Å². The highest BCUT2D eigenvalue weighted by molar-refractivity contribution is 5.38. The van der Waals surface area contributed by atoms with Gasteiger partial charge in [0, 0.05) is 31.8 Å². The van der Waals surface area contributed by atoms with Gasteiger partial charge in [0.15, 0.2) is 0 Å². The lowest BCUT2D eigenvalue weighted by molar-refractivity contribution is 0.199. The van der Waals surface area contributed by atoms with E-state index < -0.39 is 0 Å². The van der Waals surface area contributed by atoms with E-state index in [0.717, 1.165) is 0 Å². The maximum atomic E-state index is 13.4. The largest absolute Gasteiger partial charge is 0.457 e. The molecule has 0 amide bonds. The van der Waals surface area contributed by atoms with Crippen molar-refractivity contribution in [1.29, 1.82) is 0 Å². The van der Waals surface area contributed by atoms with Crippen LogP contribution in [0.3, 0.4) is 0 Å². The molecule has 1 N–H and O–H groups in total. The second-order valence-electron chi connectivity index (χ2n) is 4.48. The molecule has 5 heteroatoms. The molecule has 0 spiro atoms. The Labute approximate surface area is 122 Å². The number of methoxy groups -OCH3 is 1. The summed E-state index contributed by atoms with van der Waals surface area (Å²) in [7, 11) is 1.61. The predicted octanol–water partition coefficient (Wildman–Crippen LogP) is 3.49. The van der Waals surface area contributed by atoms with E-state index in [4.69, 9.17) is 9.47 Å². The van der Waals surface area contributed by atoms with Crippen LogP contribution in [0.25, 0.3) is 0 Å². The van der Waals surface area contributed by atoms with Crippen LogP contribution in [0.4, 0.5) is 8.78 Å². The first-order valence-electron chi connectivity index (χ1n) is 6.60. The van der Waals surface area contributed by atoms with E-state index in [9.17, 15) is 8.78 Å². The summed E-state index contributed by atoms with van der Waals surface area (Å²) in [4.78, 5) is 0. The average Bonchev–Trinajstić information content (AvgIpc) is 2.46. The van der Waals surface area contributed by atoms with Gasteiger partial charge in [0.25, 0.3) is 0 Å². The quantitative estimate of drug-likeness (QED) is 0.793. The van der Waals surface area contributed by atoms with Gasteiger partial charge in [-0.3, -0.25) is 0 Å². The van der Waals surface area contributed by atoms with Crippen molar-refractivity contribution in [2.24, 2.45) is 0 Å². The Bertz CT molecular complexity index is 590. The normalized spacial score (nSPS) is 10.6. The van der Waals surface area contributed by atoms with E-state index in [1.807, 2.05) is 0 Å². The highest BCUT2D eigenvalue weighted by Crippen LogP contribution is 2.26. The predicted molar refractivity (Wildman–Crippen MR) is 76.5 cm³/mol. The molecular formula is C16H17F2NO2. The topological polar surface area (TPSA) is 30.5 Å². The van der Waals surface area contributed by atoms with Gasteiger partial charge in [-0.15, -0.1) is 0 Å². The summed E-state index contributed by atoms with van der Waals surface area (Å²) in [5.74, 6) is 0.145. The number of nitrogens with one attached hydrogen (secondary N) is 1. The molecule has 21 heavy (non-hydrogen) atoms. The van der Waals surface area contributed by atoms with Crippen LogP contribution in [-0.2, 0) is 11.3 Å². The minimum Gasteiger partial charge on any atom is -0.457 e. The minimum absolute atomic E-state index is 0.342. The Morgan fingerprint density at radius 2 is 1.86 bits per heavy atom. The van der Waals surface area contributed by atoms with E-state index in [1.54, 1.807) is 19.2 Å². The van der Waals surface area contributed by atoms with E-state index in [1.165, 1.54) is 30.3 Å². The van der Waals surface area contributed by atoms with Gasteiger partial charge >= 0.3 is 0 Å². The standard InChI is InChI=1S/C16H17F2NO2/c1-20-8-7-19-11-12-9-14(18)5-6-16(12)21-15-4-2-3-13(17)10-15/h2-6,9-10,19H,7-8,11H2,1H3. The van der Waals surface area contributed by atoms with Gasteiger partial charge < -0.3 is 14.8 Å². The maximum Gasteiger partial charge on any atom is 0.132 e. The molecule has 0 radical (unpaired) electrons. The minimum atomic E-state index is -0.380. The molecule has 0 unspecified atom stereocenters. The van der Waals surface area contributed by atoms with E-state index in [0.29, 0.717) is 36.8 Å². The van der Waals surface area contributed by atoms with Gasteiger partial charge in [0.05, 0.1) is 6.61 Å². The molecule has 0 aromatic heterocycles. The molecule has 112 valence electrons. The molecule has 0 aliphatic rings. The van der Waals surface area contributed by atoms with Crippen molar-refractivity contribution < 1.29 is 18.3 Å². The summed E-state index contributed by atoms with van der Waals surface area (Å²) in [5.41, 5.74) is 0.662. The zero-order valence-electron chi connectivity index (χ0n) is 11.7. The van der Waals surface area contributed by atoms with Crippen molar-refractivity contribution in [3.8, 4) is 11.5 Å². The van der Waals surface area contributed by atoms with Crippen LogP contribution in [0.15, 0.2) is 42.5 Å². The van der Waals surface area contributed by atoms with Gasteiger partial charge in [0.2, 0.25) is 0 Å². The molecule has 0 aliphatic carbocycles. The van der Waals surface area contributed by atoms with Crippen LogP contribution >= 0.6 is 0 Å².